The molecule has 1 N–H and O–H groups in total. The minimum Gasteiger partial charge on any atom is -0.481 e. The minimum absolute atomic E-state index is 0.0721. The van der Waals surface area contributed by atoms with Gasteiger partial charge in [-0.2, -0.15) is 0 Å². The maximum atomic E-state index is 13.2. The lowest BCUT2D eigenvalue weighted by Gasteiger charge is -2.30. The Labute approximate surface area is 131 Å². The van der Waals surface area contributed by atoms with Crippen LogP contribution in [-0.2, 0) is 16.0 Å². The van der Waals surface area contributed by atoms with Crippen LogP contribution in [0.5, 0.6) is 0 Å². The van der Waals surface area contributed by atoms with E-state index in [2.05, 4.69) is 15.9 Å². The Morgan fingerprint density at radius 2 is 2.19 bits per heavy atom. The zero-order chi connectivity index (χ0) is 15.4. The number of likely N-dealkylation sites (tertiary alicyclic amines) is 1. The number of rotatable bonds is 4. The van der Waals surface area contributed by atoms with Crippen LogP contribution in [0.1, 0.15) is 24.8 Å². The third kappa shape index (κ3) is 4.27. The van der Waals surface area contributed by atoms with E-state index in [0.29, 0.717) is 25.8 Å². The Balaban J connectivity index is 1.92. The maximum Gasteiger partial charge on any atom is 0.308 e. The predicted molar refractivity (Wildman–Crippen MR) is 79.4 cm³/mol. The first kappa shape index (κ1) is 15.9. The Kier molecular flexibility index (Phi) is 5.33. The molecule has 1 aliphatic heterocycles. The normalized spacial score (nSPS) is 18.6. The number of carboxylic acids is 1. The molecule has 4 nitrogen and oxygen atoms in total. The topological polar surface area (TPSA) is 57.6 Å². The van der Waals surface area contributed by atoms with Crippen molar-refractivity contribution < 1.29 is 19.1 Å². The second-order valence-corrected chi connectivity index (χ2v) is 6.11. The fraction of sp³-hybridized carbons (Fsp3) is 0.467. The van der Waals surface area contributed by atoms with E-state index in [1.54, 1.807) is 11.0 Å². The summed E-state index contributed by atoms with van der Waals surface area (Å²) in [4.78, 5) is 24.8. The summed E-state index contributed by atoms with van der Waals surface area (Å²) in [6.07, 6.45) is 2.03. The van der Waals surface area contributed by atoms with Crippen molar-refractivity contribution >= 4 is 27.8 Å². The van der Waals surface area contributed by atoms with E-state index in [0.717, 1.165) is 10.0 Å². The number of amides is 1. The van der Waals surface area contributed by atoms with E-state index in [4.69, 9.17) is 5.11 Å². The number of benzene rings is 1. The van der Waals surface area contributed by atoms with Crippen molar-refractivity contribution in [2.24, 2.45) is 5.92 Å². The van der Waals surface area contributed by atoms with E-state index >= 15 is 0 Å². The van der Waals surface area contributed by atoms with Gasteiger partial charge in [0.25, 0.3) is 0 Å². The summed E-state index contributed by atoms with van der Waals surface area (Å²) in [5, 5.41) is 9.03. The van der Waals surface area contributed by atoms with Gasteiger partial charge in [-0.25, -0.2) is 4.39 Å². The molecule has 0 unspecified atom stereocenters. The molecule has 0 bridgehead atoms. The van der Waals surface area contributed by atoms with Crippen molar-refractivity contribution in [2.45, 2.75) is 25.7 Å². The molecule has 1 fully saturated rings. The zero-order valence-corrected chi connectivity index (χ0v) is 13.1. The summed E-state index contributed by atoms with van der Waals surface area (Å²) >= 11 is 3.34. The Hall–Kier alpha value is -1.43. The number of hydrogen-bond donors (Lipinski definition) is 1. The molecule has 114 valence electrons. The second-order valence-electron chi connectivity index (χ2n) is 5.25. The highest BCUT2D eigenvalue weighted by atomic mass is 79.9. The molecule has 1 atom stereocenters. The highest BCUT2D eigenvalue weighted by molar-refractivity contribution is 9.10. The van der Waals surface area contributed by atoms with E-state index in [1.807, 2.05) is 0 Å². The van der Waals surface area contributed by atoms with Crippen LogP contribution < -0.4 is 0 Å². The van der Waals surface area contributed by atoms with Gasteiger partial charge >= 0.3 is 5.97 Å². The summed E-state index contributed by atoms with van der Waals surface area (Å²) in [6.45, 7) is 0.880. The molecule has 6 heteroatoms. The maximum absolute atomic E-state index is 13.2. The first-order valence-electron chi connectivity index (χ1n) is 6.92. The van der Waals surface area contributed by atoms with Crippen molar-refractivity contribution in [2.75, 3.05) is 13.1 Å². The molecule has 0 aliphatic carbocycles. The fourth-order valence-electron chi connectivity index (χ4n) is 2.54. The molecule has 0 aromatic heterocycles. The number of aryl methyl sites for hydroxylation is 1. The molecule has 1 amide bonds. The van der Waals surface area contributed by atoms with Gasteiger partial charge in [-0.05, 0) is 43.0 Å². The van der Waals surface area contributed by atoms with Crippen LogP contribution >= 0.6 is 15.9 Å². The molecule has 0 saturated carbocycles. The quantitative estimate of drug-likeness (QED) is 0.901. The molecule has 0 spiro atoms. The van der Waals surface area contributed by atoms with E-state index in [1.165, 1.54) is 12.1 Å². The third-order valence-electron chi connectivity index (χ3n) is 3.74. The van der Waals surface area contributed by atoms with Crippen molar-refractivity contribution in [1.29, 1.82) is 0 Å². The van der Waals surface area contributed by atoms with Gasteiger partial charge in [0.15, 0.2) is 0 Å². The number of carboxylic acid groups (broad SMARTS) is 1. The van der Waals surface area contributed by atoms with Gasteiger partial charge in [-0.15, -0.1) is 0 Å². The average molecular weight is 358 g/mol. The summed E-state index contributed by atoms with van der Waals surface area (Å²) < 4.78 is 14.0. The average Bonchev–Trinajstić information content (AvgIpc) is 2.48. The molecule has 0 radical (unpaired) electrons. The smallest absolute Gasteiger partial charge is 0.308 e. The summed E-state index contributed by atoms with van der Waals surface area (Å²) in [5.41, 5.74) is 0.746. The minimum atomic E-state index is -0.847. The van der Waals surface area contributed by atoms with Gasteiger partial charge in [0, 0.05) is 24.0 Å². The van der Waals surface area contributed by atoms with Crippen LogP contribution in [-0.4, -0.2) is 35.0 Å². The van der Waals surface area contributed by atoms with E-state index in [9.17, 15) is 14.0 Å². The zero-order valence-electron chi connectivity index (χ0n) is 11.5. The van der Waals surface area contributed by atoms with Gasteiger partial charge in [0.05, 0.1) is 5.92 Å². The lowest BCUT2D eigenvalue weighted by Crippen LogP contribution is -2.42. The molecule has 1 aromatic carbocycles. The predicted octanol–water partition coefficient (Wildman–Crippen LogP) is 2.84. The van der Waals surface area contributed by atoms with Gasteiger partial charge in [-0.1, -0.05) is 15.9 Å². The number of hydrogen-bond acceptors (Lipinski definition) is 2. The molecule has 21 heavy (non-hydrogen) atoms. The van der Waals surface area contributed by atoms with Gasteiger partial charge in [-0.3, -0.25) is 9.59 Å². The first-order chi connectivity index (χ1) is 9.97. The number of piperidine rings is 1. The number of carbonyl (C=O) groups excluding carboxylic acids is 1. The third-order valence-corrected chi connectivity index (χ3v) is 4.51. The highest BCUT2D eigenvalue weighted by Crippen LogP contribution is 2.21. The number of carbonyl (C=O) groups is 2. The van der Waals surface area contributed by atoms with Gasteiger partial charge < -0.3 is 10.0 Å². The monoisotopic (exact) mass is 357 g/mol. The summed E-state index contributed by atoms with van der Waals surface area (Å²) in [6, 6.07) is 4.39. The first-order valence-corrected chi connectivity index (χ1v) is 7.71. The lowest BCUT2D eigenvalue weighted by molar-refractivity contribution is -0.145. The Morgan fingerprint density at radius 1 is 1.43 bits per heavy atom. The molecule has 1 aliphatic rings. The van der Waals surface area contributed by atoms with Gasteiger partial charge in [0.1, 0.15) is 5.82 Å². The second kappa shape index (κ2) is 7.02. The summed E-state index contributed by atoms with van der Waals surface area (Å²) in [5.74, 6) is -1.72. The van der Waals surface area contributed by atoms with Crippen molar-refractivity contribution in [3.05, 3.63) is 34.1 Å². The van der Waals surface area contributed by atoms with Crippen LogP contribution in [0.3, 0.4) is 0 Å². The van der Waals surface area contributed by atoms with Crippen molar-refractivity contribution in [3.8, 4) is 0 Å². The lowest BCUT2D eigenvalue weighted by atomic mass is 9.97. The Morgan fingerprint density at radius 3 is 2.90 bits per heavy atom. The Bertz CT molecular complexity index is 550. The van der Waals surface area contributed by atoms with E-state index in [-0.39, 0.29) is 24.7 Å². The van der Waals surface area contributed by atoms with Crippen LogP contribution in [0.4, 0.5) is 4.39 Å². The molecule has 1 aromatic rings. The van der Waals surface area contributed by atoms with Crippen LogP contribution in [0.2, 0.25) is 0 Å². The van der Waals surface area contributed by atoms with Crippen LogP contribution in [0.25, 0.3) is 0 Å². The van der Waals surface area contributed by atoms with Crippen LogP contribution in [0.15, 0.2) is 22.7 Å². The summed E-state index contributed by atoms with van der Waals surface area (Å²) in [7, 11) is 0. The van der Waals surface area contributed by atoms with E-state index < -0.39 is 11.9 Å². The number of halogens is 2. The van der Waals surface area contributed by atoms with Crippen LogP contribution in [0, 0.1) is 11.7 Å². The van der Waals surface area contributed by atoms with Gasteiger partial charge in [0.2, 0.25) is 5.91 Å². The molecule has 2 rings (SSSR count). The SMILES string of the molecule is O=C(O)[C@H]1CCCN(C(=O)CCc2cc(F)ccc2Br)C1. The van der Waals surface area contributed by atoms with Crippen molar-refractivity contribution in [1.82, 2.24) is 4.90 Å². The van der Waals surface area contributed by atoms with Crippen molar-refractivity contribution in [3.63, 3.8) is 0 Å². The standard InChI is InChI=1S/C15H17BrFNO3/c16-13-5-4-12(17)8-10(13)3-6-14(19)18-7-1-2-11(9-18)15(20)21/h4-5,8,11H,1-3,6-7,9H2,(H,20,21)/t11-/m0/s1. The fourth-order valence-corrected chi connectivity index (χ4v) is 2.98. The molecule has 1 heterocycles. The largest absolute Gasteiger partial charge is 0.481 e. The number of aliphatic carboxylic acids is 1. The number of nitrogens with zero attached hydrogens (tertiary/aromatic N) is 1. The molecule has 1 saturated heterocycles. The molecular formula is C15H17BrFNO3. The highest BCUT2D eigenvalue weighted by Gasteiger charge is 2.27. The molecular weight excluding hydrogens is 341 g/mol.